The average Bonchev–Trinajstić information content (AvgIpc) is 2.87. The number of unbranched alkanes of at least 4 members (excludes halogenated alkanes) is 1. The molecule has 0 unspecified atom stereocenters. The molecule has 0 aliphatic heterocycles. The van der Waals surface area contributed by atoms with Gasteiger partial charge in [0.1, 0.15) is 6.04 Å². The number of halogens is 2. The van der Waals surface area contributed by atoms with Crippen LogP contribution in [0.3, 0.4) is 0 Å². The molecular formula is C28H30Cl2N2O2S. The molecule has 4 nitrogen and oxygen atoms in total. The van der Waals surface area contributed by atoms with Gasteiger partial charge < -0.3 is 10.2 Å². The van der Waals surface area contributed by atoms with Gasteiger partial charge in [-0.05, 0) is 41.8 Å². The number of hydrogen-bond donors (Lipinski definition) is 1. The zero-order chi connectivity index (χ0) is 25.0. The predicted molar refractivity (Wildman–Crippen MR) is 146 cm³/mol. The number of benzene rings is 3. The topological polar surface area (TPSA) is 49.4 Å². The summed E-state index contributed by atoms with van der Waals surface area (Å²) in [6.07, 6.45) is 2.26. The van der Waals surface area contributed by atoms with Crippen LogP contribution in [0, 0.1) is 0 Å². The Morgan fingerprint density at radius 3 is 2.31 bits per heavy atom. The van der Waals surface area contributed by atoms with Gasteiger partial charge in [0.05, 0.1) is 5.75 Å². The van der Waals surface area contributed by atoms with Crippen molar-refractivity contribution in [2.45, 2.75) is 43.7 Å². The van der Waals surface area contributed by atoms with Crippen LogP contribution in [0.4, 0.5) is 0 Å². The average molecular weight is 530 g/mol. The van der Waals surface area contributed by atoms with Gasteiger partial charge in [0.15, 0.2) is 0 Å². The van der Waals surface area contributed by atoms with Crippen LogP contribution in [0.5, 0.6) is 0 Å². The number of nitrogens with one attached hydrogen (secondary N) is 1. The van der Waals surface area contributed by atoms with E-state index in [4.69, 9.17) is 23.2 Å². The van der Waals surface area contributed by atoms with Gasteiger partial charge in [-0.15, -0.1) is 11.8 Å². The largest absolute Gasteiger partial charge is 0.354 e. The van der Waals surface area contributed by atoms with Gasteiger partial charge in [0.2, 0.25) is 11.8 Å². The summed E-state index contributed by atoms with van der Waals surface area (Å²) in [6.45, 7) is 2.86. The fourth-order valence-corrected chi connectivity index (χ4v) is 4.91. The van der Waals surface area contributed by atoms with E-state index in [1.807, 2.05) is 66.7 Å². The lowest BCUT2D eigenvalue weighted by Gasteiger charge is -2.32. The van der Waals surface area contributed by atoms with Crippen LogP contribution in [0.25, 0.3) is 0 Å². The summed E-state index contributed by atoms with van der Waals surface area (Å²) >= 11 is 14.0. The van der Waals surface area contributed by atoms with Crippen LogP contribution >= 0.6 is 35.0 Å². The van der Waals surface area contributed by atoms with Crippen molar-refractivity contribution in [1.29, 1.82) is 0 Å². The molecule has 0 fully saturated rings. The summed E-state index contributed by atoms with van der Waals surface area (Å²) in [5, 5.41) is 4.02. The highest BCUT2D eigenvalue weighted by Gasteiger charge is 2.30. The molecule has 1 atom stereocenters. The number of hydrogen-bond acceptors (Lipinski definition) is 3. The molecule has 0 heterocycles. The van der Waals surface area contributed by atoms with E-state index < -0.39 is 6.04 Å². The summed E-state index contributed by atoms with van der Waals surface area (Å²) in [4.78, 5) is 29.7. The molecule has 0 saturated heterocycles. The van der Waals surface area contributed by atoms with Crippen molar-refractivity contribution in [3.05, 3.63) is 100 Å². The lowest BCUT2D eigenvalue weighted by atomic mass is 10.0. The minimum Gasteiger partial charge on any atom is -0.354 e. The Bertz CT molecular complexity index is 1100. The molecule has 0 aliphatic carbocycles. The van der Waals surface area contributed by atoms with Crippen LogP contribution in [-0.2, 0) is 22.6 Å². The molecule has 3 aromatic rings. The van der Waals surface area contributed by atoms with E-state index in [-0.39, 0.29) is 24.1 Å². The molecular weight excluding hydrogens is 499 g/mol. The molecule has 1 N–H and O–H groups in total. The third kappa shape index (κ3) is 8.60. The molecule has 7 heteroatoms. The van der Waals surface area contributed by atoms with Crippen LogP contribution < -0.4 is 5.32 Å². The monoisotopic (exact) mass is 528 g/mol. The Morgan fingerprint density at radius 1 is 0.971 bits per heavy atom. The normalized spacial score (nSPS) is 11.6. The second kappa shape index (κ2) is 14.2. The third-order valence-corrected chi connectivity index (χ3v) is 7.15. The van der Waals surface area contributed by atoms with E-state index in [1.165, 1.54) is 11.8 Å². The maximum Gasteiger partial charge on any atom is 0.243 e. The van der Waals surface area contributed by atoms with E-state index in [1.54, 1.807) is 17.0 Å². The second-order valence-electron chi connectivity index (χ2n) is 8.21. The van der Waals surface area contributed by atoms with Gasteiger partial charge in [-0.1, -0.05) is 91.1 Å². The molecule has 3 aromatic carbocycles. The first-order valence-corrected chi connectivity index (χ1v) is 13.4. The summed E-state index contributed by atoms with van der Waals surface area (Å²) in [5.74, 6) is -0.0789. The standard InChI is InChI=1S/C28H30Cl2N2O2S/c1-2-3-16-31-28(34)26(17-21-10-6-4-7-11-21)32(19-22-14-15-23(29)18-25(22)30)27(33)20-35-24-12-8-5-9-13-24/h4-15,18,26H,2-3,16-17,19-20H2,1H3,(H,31,34)/t26-/m0/s1. The first-order valence-electron chi connectivity index (χ1n) is 11.7. The summed E-state index contributed by atoms with van der Waals surface area (Å²) in [7, 11) is 0. The number of carbonyl (C=O) groups is 2. The maximum atomic E-state index is 13.6. The van der Waals surface area contributed by atoms with Gasteiger partial charge >= 0.3 is 0 Å². The van der Waals surface area contributed by atoms with Crippen LogP contribution in [0.1, 0.15) is 30.9 Å². The predicted octanol–water partition coefficient (Wildman–Crippen LogP) is 6.64. The first kappa shape index (κ1) is 27.1. The van der Waals surface area contributed by atoms with Crippen molar-refractivity contribution < 1.29 is 9.59 Å². The Balaban J connectivity index is 1.91. The Labute approximate surface area is 222 Å². The lowest BCUT2D eigenvalue weighted by Crippen LogP contribution is -2.51. The smallest absolute Gasteiger partial charge is 0.243 e. The lowest BCUT2D eigenvalue weighted by molar-refractivity contribution is -0.139. The molecule has 0 aromatic heterocycles. The van der Waals surface area contributed by atoms with Crippen molar-refractivity contribution >= 4 is 46.8 Å². The van der Waals surface area contributed by atoms with Gasteiger partial charge in [-0.2, -0.15) is 0 Å². The molecule has 0 aliphatic rings. The molecule has 0 radical (unpaired) electrons. The van der Waals surface area contributed by atoms with Crippen LogP contribution in [0.2, 0.25) is 10.0 Å². The van der Waals surface area contributed by atoms with E-state index in [2.05, 4.69) is 12.2 Å². The molecule has 184 valence electrons. The van der Waals surface area contributed by atoms with E-state index in [9.17, 15) is 9.59 Å². The Morgan fingerprint density at radius 2 is 1.66 bits per heavy atom. The number of rotatable bonds is 12. The fourth-order valence-electron chi connectivity index (χ4n) is 3.64. The highest BCUT2D eigenvalue weighted by molar-refractivity contribution is 8.00. The number of nitrogens with zero attached hydrogens (tertiary/aromatic N) is 1. The second-order valence-corrected chi connectivity index (χ2v) is 10.1. The van der Waals surface area contributed by atoms with Crippen LogP contribution in [0.15, 0.2) is 83.8 Å². The summed E-state index contributed by atoms with van der Waals surface area (Å²) < 4.78 is 0. The van der Waals surface area contributed by atoms with Crippen molar-refractivity contribution in [2.75, 3.05) is 12.3 Å². The molecule has 2 amide bonds. The van der Waals surface area contributed by atoms with Gasteiger partial charge in [0.25, 0.3) is 0 Å². The van der Waals surface area contributed by atoms with E-state index >= 15 is 0 Å². The van der Waals surface area contributed by atoms with Crippen molar-refractivity contribution in [2.24, 2.45) is 0 Å². The number of amides is 2. The quantitative estimate of drug-likeness (QED) is 0.211. The number of carbonyl (C=O) groups excluding carboxylic acids is 2. The van der Waals surface area contributed by atoms with Crippen LogP contribution in [-0.4, -0.2) is 35.1 Å². The molecule has 0 bridgehead atoms. The zero-order valence-electron chi connectivity index (χ0n) is 19.8. The van der Waals surface area contributed by atoms with Crippen molar-refractivity contribution in [1.82, 2.24) is 10.2 Å². The summed E-state index contributed by atoms with van der Waals surface area (Å²) in [5.41, 5.74) is 1.73. The molecule has 0 spiro atoms. The van der Waals surface area contributed by atoms with E-state index in [0.29, 0.717) is 23.0 Å². The van der Waals surface area contributed by atoms with Crippen molar-refractivity contribution in [3.8, 4) is 0 Å². The molecule has 3 rings (SSSR count). The Kier molecular flexibility index (Phi) is 11.0. The summed E-state index contributed by atoms with van der Waals surface area (Å²) in [6, 6.07) is 24.1. The van der Waals surface area contributed by atoms with Gasteiger partial charge in [-0.3, -0.25) is 9.59 Å². The minimum atomic E-state index is -0.676. The number of thioether (sulfide) groups is 1. The highest BCUT2D eigenvalue weighted by atomic mass is 35.5. The molecule has 35 heavy (non-hydrogen) atoms. The maximum absolute atomic E-state index is 13.6. The fraction of sp³-hybridized carbons (Fsp3) is 0.286. The highest BCUT2D eigenvalue weighted by Crippen LogP contribution is 2.25. The first-order chi connectivity index (χ1) is 17.0. The van der Waals surface area contributed by atoms with E-state index in [0.717, 1.165) is 28.9 Å². The Hall–Kier alpha value is -2.47. The molecule has 0 saturated carbocycles. The zero-order valence-corrected chi connectivity index (χ0v) is 22.1. The minimum absolute atomic E-state index is 0.128. The van der Waals surface area contributed by atoms with Crippen molar-refractivity contribution in [3.63, 3.8) is 0 Å². The van der Waals surface area contributed by atoms with Gasteiger partial charge in [-0.25, -0.2) is 0 Å². The third-order valence-electron chi connectivity index (χ3n) is 5.56. The van der Waals surface area contributed by atoms with Gasteiger partial charge in [0, 0.05) is 34.5 Å². The SMILES string of the molecule is CCCCNC(=O)[C@H](Cc1ccccc1)N(Cc1ccc(Cl)cc1Cl)C(=O)CSc1ccccc1.